The molecule has 1 saturated heterocycles. The summed E-state index contributed by atoms with van der Waals surface area (Å²) in [5, 5.41) is 26.2. The molecular formula is C53H59N3O14. The fourth-order valence-electron chi connectivity index (χ4n) is 9.31. The SMILES string of the molecule is CO[C@H]1/C=C/O[C@@]2(C)Oc3c(C)c(=O)c4c(O)c(c5oc6cc(OCCN(C)C)cc(OCc7ccccc7)c6nc5c4c3C2=O)NC(=O)/C(C)=C\C=C\[C@H](C)[C@@H]2O[C@H]([C@H](O)[C@@H]2C)[C@H](OC(C)=O)[C@@H]1C. The first-order valence-corrected chi connectivity index (χ1v) is 23.2. The number of nitrogens with one attached hydrogen (secondary N) is 1. The molecule has 5 heterocycles. The second kappa shape index (κ2) is 19.9. The third kappa shape index (κ3) is 9.33. The largest absolute Gasteiger partial charge is 0.505 e. The highest BCUT2D eigenvalue weighted by molar-refractivity contribution is 6.26. The second-order valence-electron chi connectivity index (χ2n) is 18.6. The number of hydrogen-bond donors (Lipinski definition) is 3. The van der Waals surface area contributed by atoms with Gasteiger partial charge >= 0.3 is 11.8 Å². The van der Waals surface area contributed by atoms with Gasteiger partial charge in [0.05, 0.1) is 35.5 Å². The number of hydrogen-bond acceptors (Lipinski definition) is 16. The van der Waals surface area contributed by atoms with Crippen LogP contribution in [0.25, 0.3) is 33.0 Å². The lowest BCUT2D eigenvalue weighted by Crippen LogP contribution is -2.46. The van der Waals surface area contributed by atoms with Gasteiger partial charge in [0.2, 0.25) is 0 Å². The van der Waals surface area contributed by atoms with E-state index in [-0.39, 0.29) is 79.4 Å². The summed E-state index contributed by atoms with van der Waals surface area (Å²) < 4.78 is 49.8. The van der Waals surface area contributed by atoms with Crippen LogP contribution in [-0.2, 0) is 35.1 Å². The van der Waals surface area contributed by atoms with Gasteiger partial charge in [0, 0.05) is 73.9 Å². The number of phenolic OH excluding ortho intramolecular Hbond substituents is 1. The summed E-state index contributed by atoms with van der Waals surface area (Å²) in [6, 6.07) is 12.8. The van der Waals surface area contributed by atoms with Gasteiger partial charge in [-0.1, -0.05) is 69.3 Å². The summed E-state index contributed by atoms with van der Waals surface area (Å²) in [5.74, 6) is -5.57. The minimum absolute atomic E-state index is 0.0248. The molecule has 0 aliphatic carbocycles. The van der Waals surface area contributed by atoms with Crippen molar-refractivity contribution in [2.24, 2.45) is 17.8 Å². The van der Waals surface area contributed by atoms with Crippen molar-refractivity contribution in [3.63, 3.8) is 0 Å². The molecule has 4 aliphatic heterocycles. The number of aliphatic hydroxyl groups excluding tert-OH is 1. The number of nitrogens with zero attached hydrogens (tertiary/aromatic N) is 2. The Labute approximate surface area is 404 Å². The van der Waals surface area contributed by atoms with Crippen molar-refractivity contribution in [1.29, 1.82) is 0 Å². The number of ether oxygens (including phenoxy) is 7. The number of allylic oxidation sites excluding steroid dienone is 2. The average molecular weight is 962 g/mol. The third-order valence-electron chi connectivity index (χ3n) is 13.3. The molecule has 1 fully saturated rings. The fourth-order valence-corrected chi connectivity index (χ4v) is 9.31. The number of rotatable bonds is 9. The number of aromatic hydroxyl groups is 1. The van der Waals surface area contributed by atoms with E-state index in [0.29, 0.717) is 18.9 Å². The number of methoxy groups -OCH3 is 1. The summed E-state index contributed by atoms with van der Waals surface area (Å²) in [6.45, 7) is 12.2. The molecule has 17 nitrogen and oxygen atoms in total. The van der Waals surface area contributed by atoms with Gasteiger partial charge in [-0.3, -0.25) is 19.2 Å². The molecule has 0 saturated carbocycles. The molecule has 7 bridgehead atoms. The Morgan fingerprint density at radius 1 is 0.971 bits per heavy atom. The monoisotopic (exact) mass is 961 g/mol. The minimum Gasteiger partial charge on any atom is -0.505 e. The molecule has 9 atom stereocenters. The topological polar surface area (TPSA) is 215 Å². The number of phenols is 1. The molecular weight excluding hydrogens is 903 g/mol. The van der Waals surface area contributed by atoms with E-state index in [4.69, 9.17) is 42.6 Å². The van der Waals surface area contributed by atoms with E-state index < -0.39 is 77.0 Å². The lowest BCUT2D eigenvalue weighted by molar-refractivity contribution is -0.168. The quantitative estimate of drug-likeness (QED) is 0.0572. The molecule has 3 N–H and O–H groups in total. The first-order chi connectivity index (χ1) is 33.3. The highest BCUT2D eigenvalue weighted by Gasteiger charge is 2.51. The van der Waals surface area contributed by atoms with Crippen molar-refractivity contribution in [3.8, 4) is 23.0 Å². The lowest BCUT2D eigenvalue weighted by atomic mass is 9.86. The van der Waals surface area contributed by atoms with E-state index in [1.54, 1.807) is 38.1 Å². The molecule has 0 spiro atoms. The molecule has 1 amide bonds. The van der Waals surface area contributed by atoms with Crippen LogP contribution in [0.4, 0.5) is 5.69 Å². The maximum absolute atomic E-state index is 15.0. The van der Waals surface area contributed by atoms with E-state index in [1.807, 2.05) is 69.3 Å². The molecule has 5 aromatic rings. The Morgan fingerprint density at radius 3 is 2.41 bits per heavy atom. The van der Waals surface area contributed by atoms with Gasteiger partial charge in [0.1, 0.15) is 53.6 Å². The molecule has 17 heteroatoms. The van der Waals surface area contributed by atoms with Gasteiger partial charge < -0.3 is 58.0 Å². The summed E-state index contributed by atoms with van der Waals surface area (Å²) in [5.41, 5.74) is -0.0201. The number of anilines is 1. The van der Waals surface area contributed by atoms with Crippen LogP contribution in [0.2, 0.25) is 0 Å². The maximum atomic E-state index is 15.0. The number of Topliss-reactive ketones (excluding diaryl/α,β-unsaturated/α-hetero) is 1. The number of aromatic nitrogens is 1. The Kier molecular flexibility index (Phi) is 14.1. The van der Waals surface area contributed by atoms with E-state index >= 15 is 0 Å². The van der Waals surface area contributed by atoms with Gasteiger partial charge in [0.25, 0.3) is 11.7 Å². The summed E-state index contributed by atoms with van der Waals surface area (Å²) in [6.07, 6.45) is 3.51. The Morgan fingerprint density at radius 2 is 1.71 bits per heavy atom. The van der Waals surface area contributed by atoms with Crippen molar-refractivity contribution < 1.29 is 62.2 Å². The highest BCUT2D eigenvalue weighted by Crippen LogP contribution is 2.49. The number of carbonyl (C=O) groups excluding carboxylic acids is 3. The van der Waals surface area contributed by atoms with Crippen LogP contribution in [-0.4, -0.2) is 108 Å². The van der Waals surface area contributed by atoms with Gasteiger partial charge in [-0.25, -0.2) is 4.98 Å². The zero-order valence-corrected chi connectivity index (χ0v) is 40.9. The van der Waals surface area contributed by atoms with Crippen LogP contribution in [0, 0.1) is 24.7 Å². The summed E-state index contributed by atoms with van der Waals surface area (Å²) in [4.78, 5) is 63.4. The Hall–Kier alpha value is -6.79. The van der Waals surface area contributed by atoms with Crippen molar-refractivity contribution in [2.45, 2.75) is 91.4 Å². The maximum Gasteiger partial charge on any atom is 0.312 e. The number of carbonyl (C=O) groups is 3. The third-order valence-corrected chi connectivity index (χ3v) is 13.3. The smallest absolute Gasteiger partial charge is 0.312 e. The fraction of sp³-hybridized carbons (Fsp3) is 0.415. The predicted octanol–water partition coefficient (Wildman–Crippen LogP) is 7.29. The van der Waals surface area contributed by atoms with E-state index in [2.05, 4.69) is 5.32 Å². The van der Waals surface area contributed by atoms with Gasteiger partial charge in [-0.15, -0.1) is 0 Å². The van der Waals surface area contributed by atoms with Crippen molar-refractivity contribution >= 4 is 56.3 Å². The van der Waals surface area contributed by atoms with Crippen LogP contribution in [0.5, 0.6) is 23.0 Å². The molecule has 70 heavy (non-hydrogen) atoms. The zero-order valence-electron chi connectivity index (χ0n) is 40.9. The van der Waals surface area contributed by atoms with Crippen LogP contribution < -0.4 is 25.0 Å². The van der Waals surface area contributed by atoms with Gasteiger partial charge in [-0.2, -0.15) is 0 Å². The van der Waals surface area contributed by atoms with Crippen molar-refractivity contribution in [3.05, 3.63) is 106 Å². The number of esters is 1. The van der Waals surface area contributed by atoms with Crippen molar-refractivity contribution in [2.75, 3.05) is 39.7 Å². The van der Waals surface area contributed by atoms with E-state index in [0.717, 1.165) is 5.56 Å². The molecule has 370 valence electrons. The zero-order chi connectivity index (χ0) is 50.3. The number of benzene rings is 4. The first-order valence-electron chi connectivity index (χ1n) is 23.2. The van der Waals surface area contributed by atoms with Crippen molar-refractivity contribution in [1.82, 2.24) is 9.88 Å². The summed E-state index contributed by atoms with van der Waals surface area (Å²) in [7, 11) is 5.29. The lowest BCUT2D eigenvalue weighted by Gasteiger charge is -2.33. The molecule has 9 rings (SSSR count). The summed E-state index contributed by atoms with van der Waals surface area (Å²) >= 11 is 0. The van der Waals surface area contributed by atoms with Crippen LogP contribution in [0.1, 0.15) is 63.0 Å². The molecule has 1 aromatic heterocycles. The second-order valence-corrected chi connectivity index (χ2v) is 18.6. The molecule has 0 radical (unpaired) electrons. The molecule has 4 aliphatic rings. The van der Waals surface area contributed by atoms with Crippen LogP contribution in [0.3, 0.4) is 0 Å². The highest BCUT2D eigenvalue weighted by atomic mass is 16.7. The number of ketones is 1. The predicted molar refractivity (Wildman–Crippen MR) is 260 cm³/mol. The Balaban J connectivity index is 1.35. The van der Waals surface area contributed by atoms with Gasteiger partial charge in [-0.05, 0) is 39.6 Å². The van der Waals surface area contributed by atoms with Gasteiger partial charge in [0.15, 0.2) is 28.1 Å². The van der Waals surface area contributed by atoms with Crippen LogP contribution >= 0.6 is 0 Å². The first kappa shape index (κ1) is 49.6. The van der Waals surface area contributed by atoms with E-state index in [1.165, 1.54) is 40.2 Å². The van der Waals surface area contributed by atoms with E-state index in [9.17, 15) is 29.4 Å². The van der Waals surface area contributed by atoms with Crippen LogP contribution in [0.15, 0.2) is 87.8 Å². The average Bonchev–Trinajstić information content (AvgIpc) is 3.77. The normalized spacial score (nSPS) is 27.6. The molecule has 0 unspecified atom stereocenters. The Bertz CT molecular complexity index is 3020. The number of likely N-dealkylation sites (N-methyl/N-ethyl adjacent to an activating group) is 1. The molecule has 4 aromatic carbocycles. The minimum atomic E-state index is -2.08. The number of fused-ring (bicyclic) bond motifs is 9. The standard InChI is InChI=1S/C53H59N3O14/c1-26-15-14-16-27(2)52(62)55-42-45(60)38-37(41-49(42)68-36-24-33(64-22-20-56(8)9)23-35(40(36)54-41)65-25-32-17-12-11-13-18-32)39-47(29(4)43(38)58)70-53(7,51(39)61)66-21-19-34(63-10)28(3)48(67-31(6)57)50-44(59)30(5)46(26)69-50/h11-19,21,23-24,26,28,30,34,44,46,48,50,59-60H,20,22,25H2,1-10H3,(H,55,62)/b15-14+,21-19+,27-16-/t26-,28+,30-,34-,44+,46-,48+,50+,53-/m0/s1. The number of amides is 1. The number of aliphatic hydroxyl groups is 1.